The summed E-state index contributed by atoms with van der Waals surface area (Å²) in [5.41, 5.74) is 3.23. The van der Waals surface area contributed by atoms with Gasteiger partial charge in [-0.25, -0.2) is 0 Å². The van der Waals surface area contributed by atoms with Crippen LogP contribution in [0.5, 0.6) is 0 Å². The summed E-state index contributed by atoms with van der Waals surface area (Å²) in [6.45, 7) is 2.04. The summed E-state index contributed by atoms with van der Waals surface area (Å²) in [6.07, 6.45) is 4.71. The lowest BCUT2D eigenvalue weighted by atomic mass is 10.0. The second kappa shape index (κ2) is 5.98. The molecule has 18 heavy (non-hydrogen) atoms. The van der Waals surface area contributed by atoms with Gasteiger partial charge in [-0.2, -0.15) is 0 Å². The Bertz CT molecular complexity index is 502. The minimum absolute atomic E-state index is 0.00648. The van der Waals surface area contributed by atoms with Crippen LogP contribution in [0.4, 0.5) is 0 Å². The summed E-state index contributed by atoms with van der Waals surface area (Å²) < 4.78 is 0. The van der Waals surface area contributed by atoms with Gasteiger partial charge in [0.2, 0.25) is 0 Å². The van der Waals surface area contributed by atoms with Crippen LogP contribution in [0.1, 0.15) is 23.7 Å². The van der Waals surface area contributed by atoms with Gasteiger partial charge in [-0.3, -0.25) is 4.79 Å². The maximum Gasteiger partial charge on any atom is 0.174 e. The van der Waals surface area contributed by atoms with Gasteiger partial charge in [-0.05, 0) is 18.9 Å². The van der Waals surface area contributed by atoms with Gasteiger partial charge in [0.1, 0.15) is 0 Å². The van der Waals surface area contributed by atoms with Gasteiger partial charge >= 0.3 is 0 Å². The molecule has 0 saturated heterocycles. The molecule has 0 heterocycles. The zero-order valence-electron chi connectivity index (χ0n) is 10.1. The molecule has 2 atom stereocenters. The van der Waals surface area contributed by atoms with E-state index in [1.807, 2.05) is 49.4 Å². The quantitative estimate of drug-likeness (QED) is 0.701. The Morgan fingerprint density at radius 2 is 1.83 bits per heavy atom. The van der Waals surface area contributed by atoms with E-state index in [2.05, 4.69) is 31.9 Å². The lowest BCUT2D eigenvalue weighted by molar-refractivity contribution is -0.115. The van der Waals surface area contributed by atoms with Crippen LogP contribution in [-0.2, 0) is 4.79 Å². The summed E-state index contributed by atoms with van der Waals surface area (Å²) in [4.78, 5) is 12.1. The van der Waals surface area contributed by atoms with E-state index in [1.165, 1.54) is 5.57 Å². The second-order valence-corrected chi connectivity index (χ2v) is 6.43. The zero-order chi connectivity index (χ0) is 13.1. The fraction of sp³-hybridized carbons (Fsp3) is 0.267. The summed E-state index contributed by atoms with van der Waals surface area (Å²) in [6, 6.07) is 9.98. The van der Waals surface area contributed by atoms with Crippen molar-refractivity contribution in [2.24, 2.45) is 0 Å². The lowest BCUT2D eigenvalue weighted by Gasteiger charge is -2.16. The molecule has 1 aliphatic rings. The van der Waals surface area contributed by atoms with Crippen molar-refractivity contribution in [1.29, 1.82) is 0 Å². The van der Waals surface area contributed by atoms with Crippen molar-refractivity contribution in [3.8, 4) is 0 Å². The number of carbonyl (C=O) groups excluding carboxylic acids is 1. The van der Waals surface area contributed by atoms with E-state index < -0.39 is 0 Å². The fourth-order valence-corrected chi connectivity index (χ4v) is 3.09. The molecule has 0 radical (unpaired) electrons. The maximum absolute atomic E-state index is 12.3. The Labute approximate surface area is 124 Å². The summed E-state index contributed by atoms with van der Waals surface area (Å²) >= 11 is 7.12. The highest BCUT2D eigenvalue weighted by molar-refractivity contribution is 9.12. The molecule has 0 spiro atoms. The minimum Gasteiger partial charge on any atom is -0.293 e. The van der Waals surface area contributed by atoms with Crippen LogP contribution in [0.3, 0.4) is 0 Å². The van der Waals surface area contributed by atoms with Crippen molar-refractivity contribution in [1.82, 2.24) is 0 Å². The Kier molecular flexibility index (Phi) is 4.57. The average Bonchev–Trinajstić information content (AvgIpc) is 2.84. The normalized spacial score (nSPS) is 17.9. The highest BCUT2D eigenvalue weighted by Gasteiger charge is 2.28. The van der Waals surface area contributed by atoms with Gasteiger partial charge in [0.15, 0.2) is 5.78 Å². The number of carbonyl (C=O) groups is 1. The number of halogens is 2. The third-order valence-corrected chi connectivity index (χ3v) is 5.69. The van der Waals surface area contributed by atoms with Crippen molar-refractivity contribution in [3.05, 3.63) is 59.2 Å². The van der Waals surface area contributed by atoms with E-state index in [0.29, 0.717) is 0 Å². The maximum atomic E-state index is 12.3. The van der Waals surface area contributed by atoms with E-state index >= 15 is 0 Å². The van der Waals surface area contributed by atoms with Gasteiger partial charge in [0.05, 0.1) is 9.65 Å². The van der Waals surface area contributed by atoms with Crippen molar-refractivity contribution < 1.29 is 4.79 Å². The van der Waals surface area contributed by atoms with Gasteiger partial charge in [-0.15, -0.1) is 0 Å². The number of hydrogen-bond donors (Lipinski definition) is 0. The Morgan fingerprint density at radius 1 is 1.17 bits per heavy atom. The molecule has 1 aliphatic carbocycles. The number of hydrogen-bond acceptors (Lipinski definition) is 1. The number of rotatable bonds is 4. The molecule has 0 bridgehead atoms. The molecule has 0 aliphatic heterocycles. The molecule has 0 unspecified atom stereocenters. The average molecular weight is 370 g/mol. The molecule has 0 fully saturated rings. The standard InChI is InChI=1S/C15H14Br2O/c1-10-7-8-12(9-10)15(18)14(17)13(16)11-5-3-2-4-6-11/h2-8,13-14H,9H2,1H3/t13-,14+/m0/s1. The molecule has 3 heteroatoms. The van der Waals surface area contributed by atoms with Crippen LogP contribution in [0.15, 0.2) is 53.6 Å². The van der Waals surface area contributed by atoms with Crippen molar-refractivity contribution >= 4 is 37.6 Å². The van der Waals surface area contributed by atoms with E-state index in [1.54, 1.807) is 0 Å². The molecule has 2 rings (SSSR count). The highest BCUT2D eigenvalue weighted by Crippen LogP contribution is 2.34. The molecular weight excluding hydrogens is 356 g/mol. The number of ketones is 1. The van der Waals surface area contributed by atoms with Crippen molar-refractivity contribution in [2.75, 3.05) is 0 Å². The van der Waals surface area contributed by atoms with Crippen molar-refractivity contribution in [2.45, 2.75) is 23.0 Å². The minimum atomic E-state index is -0.231. The van der Waals surface area contributed by atoms with Crippen LogP contribution in [-0.4, -0.2) is 10.6 Å². The number of Topliss-reactive ketones (excluding diaryl/α,β-unsaturated/α-hetero) is 1. The predicted molar refractivity (Wildman–Crippen MR) is 82.3 cm³/mol. The monoisotopic (exact) mass is 368 g/mol. The first kappa shape index (κ1) is 13.8. The van der Waals surface area contributed by atoms with Crippen LogP contribution in [0.25, 0.3) is 0 Å². The van der Waals surface area contributed by atoms with Crippen LogP contribution in [0.2, 0.25) is 0 Å². The molecular formula is C15H14Br2O. The summed E-state index contributed by atoms with van der Waals surface area (Å²) in [7, 11) is 0. The number of alkyl halides is 2. The van der Waals surface area contributed by atoms with E-state index in [4.69, 9.17) is 0 Å². The van der Waals surface area contributed by atoms with Gasteiger partial charge in [0, 0.05) is 5.57 Å². The van der Waals surface area contributed by atoms with Crippen molar-refractivity contribution in [3.63, 3.8) is 0 Å². The van der Waals surface area contributed by atoms with Gasteiger partial charge < -0.3 is 0 Å². The van der Waals surface area contributed by atoms with Crippen LogP contribution >= 0.6 is 31.9 Å². The zero-order valence-corrected chi connectivity index (χ0v) is 13.2. The highest BCUT2D eigenvalue weighted by atomic mass is 79.9. The molecule has 1 aromatic rings. The number of allylic oxidation sites excluding steroid dienone is 4. The SMILES string of the molecule is CC1=CC=C(C(=O)[C@H](Br)[C@@H](Br)c2ccccc2)C1. The summed E-state index contributed by atoms with van der Waals surface area (Å²) in [5.74, 6) is 0.161. The lowest BCUT2D eigenvalue weighted by Crippen LogP contribution is -2.20. The molecule has 0 N–H and O–H groups in total. The predicted octanol–water partition coefficient (Wildman–Crippen LogP) is 4.73. The molecule has 0 aromatic heterocycles. The van der Waals surface area contributed by atoms with E-state index in [0.717, 1.165) is 17.6 Å². The van der Waals surface area contributed by atoms with Gasteiger partial charge in [0.25, 0.3) is 0 Å². The summed E-state index contributed by atoms with van der Waals surface area (Å²) in [5, 5.41) is 0. The first-order valence-electron chi connectivity index (χ1n) is 5.83. The first-order valence-corrected chi connectivity index (χ1v) is 7.66. The van der Waals surface area contributed by atoms with Gasteiger partial charge in [-0.1, -0.05) is 79.9 Å². The fourth-order valence-electron chi connectivity index (χ4n) is 1.95. The Morgan fingerprint density at radius 3 is 2.39 bits per heavy atom. The third-order valence-electron chi connectivity index (χ3n) is 2.98. The number of benzene rings is 1. The Balaban J connectivity index is 2.08. The molecule has 94 valence electrons. The van der Waals surface area contributed by atoms with E-state index in [9.17, 15) is 4.79 Å². The van der Waals surface area contributed by atoms with Crippen LogP contribution < -0.4 is 0 Å². The topological polar surface area (TPSA) is 17.1 Å². The largest absolute Gasteiger partial charge is 0.293 e. The third kappa shape index (κ3) is 3.01. The van der Waals surface area contributed by atoms with E-state index in [-0.39, 0.29) is 15.4 Å². The molecule has 1 aromatic carbocycles. The first-order chi connectivity index (χ1) is 8.59. The molecule has 0 amide bonds. The smallest absolute Gasteiger partial charge is 0.174 e. The Hall–Kier alpha value is -0.670. The second-order valence-electron chi connectivity index (χ2n) is 4.46. The van der Waals surface area contributed by atoms with Crippen LogP contribution in [0, 0.1) is 0 Å². The molecule has 0 saturated carbocycles. The molecule has 1 nitrogen and oxygen atoms in total.